The first kappa shape index (κ1) is 26.4. The lowest BCUT2D eigenvalue weighted by atomic mass is 10.2. The molecule has 0 saturated heterocycles. The van der Waals surface area contributed by atoms with E-state index in [2.05, 4.69) is 15.5 Å². The number of carbonyl (C=O) groups excluding carboxylic acids is 1. The first-order valence-corrected chi connectivity index (χ1v) is 13.6. The number of carbonyl (C=O) groups is 1. The van der Waals surface area contributed by atoms with E-state index >= 15 is 0 Å². The predicted molar refractivity (Wildman–Crippen MR) is 144 cm³/mol. The van der Waals surface area contributed by atoms with Crippen LogP contribution in [0.2, 0.25) is 5.02 Å². The van der Waals surface area contributed by atoms with Crippen LogP contribution in [0, 0.1) is 6.92 Å². The number of halogens is 1. The van der Waals surface area contributed by atoms with Crippen LogP contribution in [0.15, 0.2) is 71.6 Å². The topological polar surface area (TPSA) is 111 Å². The number of amides is 1. The molecule has 0 spiro atoms. The second kappa shape index (κ2) is 11.2. The van der Waals surface area contributed by atoms with E-state index < -0.39 is 22.5 Å². The van der Waals surface area contributed by atoms with Gasteiger partial charge in [-0.15, -0.1) is 10.2 Å². The zero-order valence-corrected chi connectivity index (χ0v) is 22.5. The van der Waals surface area contributed by atoms with E-state index in [1.165, 1.54) is 25.3 Å². The summed E-state index contributed by atoms with van der Waals surface area (Å²) >= 11 is 7.34. The summed E-state index contributed by atoms with van der Waals surface area (Å²) in [6.07, 6.45) is 0. The molecule has 9 nitrogen and oxygen atoms in total. The van der Waals surface area contributed by atoms with E-state index in [0.717, 1.165) is 26.8 Å². The first-order valence-electron chi connectivity index (χ1n) is 10.9. The maximum atomic E-state index is 13.7. The van der Waals surface area contributed by atoms with Crippen molar-refractivity contribution >= 4 is 49.7 Å². The van der Waals surface area contributed by atoms with Crippen LogP contribution in [0.4, 0.5) is 10.8 Å². The fourth-order valence-electron chi connectivity index (χ4n) is 3.41. The first-order chi connectivity index (χ1) is 17.7. The Bertz CT molecular complexity index is 1510. The highest BCUT2D eigenvalue weighted by atomic mass is 35.5. The Balaban J connectivity index is 1.63. The van der Waals surface area contributed by atoms with Crippen molar-refractivity contribution < 1.29 is 22.7 Å². The normalized spacial score (nSPS) is 11.1. The molecule has 1 heterocycles. The van der Waals surface area contributed by atoms with Crippen molar-refractivity contribution in [3.8, 4) is 22.1 Å². The monoisotopic (exact) mass is 558 g/mol. The van der Waals surface area contributed by atoms with Crippen molar-refractivity contribution in [3.63, 3.8) is 0 Å². The van der Waals surface area contributed by atoms with Crippen molar-refractivity contribution in [2.75, 3.05) is 30.4 Å². The molecule has 4 rings (SSSR count). The average Bonchev–Trinajstić information content (AvgIpc) is 3.35. The third kappa shape index (κ3) is 6.01. The Kier molecular flexibility index (Phi) is 7.96. The summed E-state index contributed by atoms with van der Waals surface area (Å²) in [5, 5.41) is 11.9. The molecule has 0 unspecified atom stereocenters. The Hall–Kier alpha value is -3.67. The van der Waals surface area contributed by atoms with Crippen molar-refractivity contribution in [1.29, 1.82) is 0 Å². The van der Waals surface area contributed by atoms with Gasteiger partial charge in [0.1, 0.15) is 23.1 Å². The van der Waals surface area contributed by atoms with E-state index in [1.54, 1.807) is 43.5 Å². The minimum atomic E-state index is -4.16. The van der Waals surface area contributed by atoms with Gasteiger partial charge in [-0.25, -0.2) is 8.42 Å². The number of methoxy groups -OCH3 is 2. The average molecular weight is 559 g/mol. The highest BCUT2D eigenvalue weighted by Crippen LogP contribution is 2.35. The molecule has 0 bridgehead atoms. The van der Waals surface area contributed by atoms with Gasteiger partial charge in [0.25, 0.3) is 10.0 Å². The molecule has 0 aliphatic heterocycles. The fraction of sp³-hybridized carbons (Fsp3) is 0.160. The summed E-state index contributed by atoms with van der Waals surface area (Å²) in [6.45, 7) is 1.30. The van der Waals surface area contributed by atoms with Crippen LogP contribution in [0.3, 0.4) is 0 Å². The third-order valence-corrected chi connectivity index (χ3v) is 8.21. The number of rotatable bonds is 9. The van der Waals surface area contributed by atoms with E-state index in [9.17, 15) is 13.2 Å². The van der Waals surface area contributed by atoms with Crippen LogP contribution in [-0.4, -0.2) is 45.3 Å². The fourth-order valence-corrected chi connectivity index (χ4v) is 5.76. The highest BCUT2D eigenvalue weighted by Gasteiger charge is 2.30. The third-order valence-electron chi connectivity index (χ3n) is 5.31. The molecule has 4 aromatic rings. The molecular formula is C25H23ClN4O5S2. The van der Waals surface area contributed by atoms with Crippen LogP contribution in [0.5, 0.6) is 11.5 Å². The van der Waals surface area contributed by atoms with Crippen molar-refractivity contribution in [1.82, 2.24) is 10.2 Å². The summed E-state index contributed by atoms with van der Waals surface area (Å²) in [7, 11) is -1.18. The second-order valence-corrected chi connectivity index (χ2v) is 11.1. The molecule has 192 valence electrons. The number of sulfonamides is 1. The minimum Gasteiger partial charge on any atom is -0.497 e. The molecule has 37 heavy (non-hydrogen) atoms. The molecule has 1 aromatic heterocycles. The Morgan fingerprint density at radius 2 is 1.70 bits per heavy atom. The van der Waals surface area contributed by atoms with Crippen molar-refractivity contribution in [3.05, 3.63) is 77.3 Å². The van der Waals surface area contributed by atoms with Crippen molar-refractivity contribution in [2.45, 2.75) is 11.8 Å². The summed E-state index contributed by atoms with van der Waals surface area (Å²) in [5.74, 6) is 0.328. The van der Waals surface area contributed by atoms with Gasteiger partial charge >= 0.3 is 0 Å². The smallest absolute Gasteiger partial charge is 0.264 e. The standard InChI is InChI=1S/C25H23ClN4O5S2/c1-16-4-11-20(12-5-16)37(32,33)30(21-14-18(26)8-13-22(21)35-3)15-23(31)27-25-29-28-24(36-25)17-6-9-19(34-2)10-7-17/h4-14H,15H2,1-3H3,(H,27,29,31). The molecule has 12 heteroatoms. The van der Waals surface area contributed by atoms with Crippen molar-refractivity contribution in [2.24, 2.45) is 0 Å². The quantitative estimate of drug-likeness (QED) is 0.307. The number of nitrogens with one attached hydrogen (secondary N) is 1. The number of ether oxygens (including phenoxy) is 2. The number of nitrogens with zero attached hydrogens (tertiary/aromatic N) is 3. The number of benzene rings is 3. The van der Waals surface area contributed by atoms with Gasteiger partial charge in [0.15, 0.2) is 0 Å². The van der Waals surface area contributed by atoms with Crippen LogP contribution >= 0.6 is 22.9 Å². The van der Waals surface area contributed by atoms with E-state index in [-0.39, 0.29) is 26.5 Å². The minimum absolute atomic E-state index is 0.0191. The summed E-state index contributed by atoms with van der Waals surface area (Å²) in [6, 6.07) is 18.1. The predicted octanol–water partition coefficient (Wildman–Crippen LogP) is 5.02. The SMILES string of the molecule is COc1ccc(-c2nnc(NC(=O)CN(c3cc(Cl)ccc3OC)S(=O)(=O)c3ccc(C)cc3)s2)cc1. The van der Waals surface area contributed by atoms with Crippen LogP contribution in [-0.2, 0) is 14.8 Å². The van der Waals surface area contributed by atoms with Gasteiger partial charge in [0, 0.05) is 10.6 Å². The van der Waals surface area contributed by atoms with Crippen LogP contribution < -0.4 is 19.1 Å². The van der Waals surface area contributed by atoms with E-state index in [4.69, 9.17) is 21.1 Å². The van der Waals surface area contributed by atoms with Gasteiger partial charge in [-0.3, -0.25) is 14.4 Å². The molecule has 0 aliphatic rings. The lowest BCUT2D eigenvalue weighted by Gasteiger charge is -2.25. The number of hydrogen-bond acceptors (Lipinski definition) is 8. The zero-order chi connectivity index (χ0) is 26.6. The molecule has 0 fully saturated rings. The van der Waals surface area contributed by atoms with Gasteiger partial charge in [0.2, 0.25) is 11.0 Å². The second-order valence-electron chi connectivity index (χ2n) is 7.83. The maximum Gasteiger partial charge on any atom is 0.264 e. The lowest BCUT2D eigenvalue weighted by molar-refractivity contribution is -0.114. The van der Waals surface area contributed by atoms with E-state index in [0.29, 0.717) is 10.8 Å². The molecule has 3 aromatic carbocycles. The number of hydrogen-bond donors (Lipinski definition) is 1. The van der Waals surface area contributed by atoms with Gasteiger partial charge in [-0.05, 0) is 61.5 Å². The van der Waals surface area contributed by atoms with E-state index in [1.807, 2.05) is 19.1 Å². The summed E-state index contributed by atoms with van der Waals surface area (Å²) in [5.41, 5.74) is 1.82. The molecule has 0 saturated carbocycles. The van der Waals surface area contributed by atoms with Gasteiger partial charge in [-0.2, -0.15) is 0 Å². The highest BCUT2D eigenvalue weighted by molar-refractivity contribution is 7.92. The largest absolute Gasteiger partial charge is 0.497 e. The Labute approximate surface area is 223 Å². The van der Waals surface area contributed by atoms with Gasteiger partial charge < -0.3 is 9.47 Å². The Morgan fingerprint density at radius 3 is 2.35 bits per heavy atom. The Morgan fingerprint density at radius 1 is 1.00 bits per heavy atom. The summed E-state index contributed by atoms with van der Waals surface area (Å²) in [4.78, 5) is 13.1. The van der Waals surface area contributed by atoms with Crippen LogP contribution in [0.25, 0.3) is 10.6 Å². The molecule has 1 amide bonds. The molecule has 1 N–H and O–H groups in total. The molecule has 0 aliphatic carbocycles. The zero-order valence-electron chi connectivity index (χ0n) is 20.1. The number of anilines is 2. The number of aryl methyl sites for hydroxylation is 1. The van der Waals surface area contributed by atoms with Crippen LogP contribution in [0.1, 0.15) is 5.56 Å². The molecule has 0 atom stereocenters. The van der Waals surface area contributed by atoms with Gasteiger partial charge in [-0.1, -0.05) is 40.6 Å². The lowest BCUT2D eigenvalue weighted by Crippen LogP contribution is -2.38. The van der Waals surface area contributed by atoms with Gasteiger partial charge in [0.05, 0.1) is 24.8 Å². The molecular weight excluding hydrogens is 536 g/mol. The summed E-state index contributed by atoms with van der Waals surface area (Å²) < 4.78 is 38.8. The maximum absolute atomic E-state index is 13.7. The molecule has 0 radical (unpaired) electrons. The number of aromatic nitrogens is 2.